The van der Waals surface area contributed by atoms with Gasteiger partial charge in [-0.2, -0.15) is 0 Å². The predicted octanol–water partition coefficient (Wildman–Crippen LogP) is 1.21. The molecule has 0 bridgehead atoms. The lowest BCUT2D eigenvalue weighted by Gasteiger charge is -2.41. The lowest BCUT2D eigenvalue weighted by Crippen LogP contribution is -2.44. The van der Waals surface area contributed by atoms with Crippen molar-refractivity contribution >= 4 is 10.0 Å². The van der Waals surface area contributed by atoms with Gasteiger partial charge in [0.15, 0.2) is 0 Å². The summed E-state index contributed by atoms with van der Waals surface area (Å²) in [7, 11) is -3.14. The summed E-state index contributed by atoms with van der Waals surface area (Å²) in [5.74, 6) is 0.620. The third kappa shape index (κ3) is 3.97. The van der Waals surface area contributed by atoms with Gasteiger partial charge in [0.1, 0.15) is 0 Å². The molecule has 1 atom stereocenters. The molecular formula is C15H29NO4S. The second-order valence-corrected chi connectivity index (χ2v) is 8.98. The van der Waals surface area contributed by atoms with Gasteiger partial charge in [-0.1, -0.05) is 12.8 Å². The number of hydrogen-bond acceptors (Lipinski definition) is 4. The van der Waals surface area contributed by atoms with E-state index in [2.05, 4.69) is 0 Å². The summed E-state index contributed by atoms with van der Waals surface area (Å²) in [4.78, 5) is 0. The van der Waals surface area contributed by atoms with E-state index in [1.54, 1.807) is 4.31 Å². The highest BCUT2D eigenvalue weighted by Crippen LogP contribution is 2.44. The van der Waals surface area contributed by atoms with E-state index in [-0.39, 0.29) is 19.1 Å². The Morgan fingerprint density at radius 2 is 1.71 bits per heavy atom. The monoisotopic (exact) mass is 319 g/mol. The van der Waals surface area contributed by atoms with Crippen molar-refractivity contribution in [3.05, 3.63) is 0 Å². The lowest BCUT2D eigenvalue weighted by molar-refractivity contribution is -0.0194. The molecule has 2 aliphatic rings. The summed E-state index contributed by atoms with van der Waals surface area (Å²) in [5.41, 5.74) is -0.429. The molecule has 1 unspecified atom stereocenters. The van der Waals surface area contributed by atoms with E-state index in [1.165, 1.54) is 19.1 Å². The Morgan fingerprint density at radius 1 is 1.10 bits per heavy atom. The van der Waals surface area contributed by atoms with E-state index in [0.717, 1.165) is 32.1 Å². The quantitative estimate of drug-likeness (QED) is 0.771. The van der Waals surface area contributed by atoms with Crippen molar-refractivity contribution in [1.82, 2.24) is 4.31 Å². The number of piperidine rings is 1. The Balaban J connectivity index is 2.06. The van der Waals surface area contributed by atoms with Gasteiger partial charge in [-0.3, -0.25) is 0 Å². The predicted molar refractivity (Wildman–Crippen MR) is 82.3 cm³/mol. The van der Waals surface area contributed by atoms with E-state index in [0.29, 0.717) is 19.0 Å². The van der Waals surface area contributed by atoms with Gasteiger partial charge in [-0.25, -0.2) is 12.7 Å². The summed E-state index contributed by atoms with van der Waals surface area (Å²) < 4.78 is 25.0. The molecule has 0 aromatic heterocycles. The summed E-state index contributed by atoms with van der Waals surface area (Å²) >= 11 is 0. The van der Waals surface area contributed by atoms with Crippen LogP contribution in [0.2, 0.25) is 0 Å². The SMILES string of the molecule is CS(=O)(=O)N1CCCC(CC(CO)(CO)C2CCCC2)C1. The largest absolute Gasteiger partial charge is 0.396 e. The van der Waals surface area contributed by atoms with Crippen LogP contribution in [0.15, 0.2) is 0 Å². The van der Waals surface area contributed by atoms with Gasteiger partial charge in [0, 0.05) is 18.5 Å². The Morgan fingerprint density at radius 3 is 2.24 bits per heavy atom. The minimum absolute atomic E-state index is 0.00351. The van der Waals surface area contributed by atoms with Crippen LogP contribution in [-0.4, -0.2) is 55.5 Å². The number of sulfonamides is 1. The number of rotatable bonds is 6. The molecule has 21 heavy (non-hydrogen) atoms. The van der Waals surface area contributed by atoms with Crippen LogP contribution in [0.25, 0.3) is 0 Å². The van der Waals surface area contributed by atoms with Crippen LogP contribution < -0.4 is 0 Å². The molecule has 1 aliphatic heterocycles. The maximum atomic E-state index is 11.7. The Kier molecular flexibility index (Phi) is 5.68. The average molecular weight is 319 g/mol. The maximum absolute atomic E-state index is 11.7. The molecule has 0 aromatic rings. The Bertz CT molecular complexity index is 427. The van der Waals surface area contributed by atoms with Gasteiger partial charge in [0.25, 0.3) is 0 Å². The number of hydrogen-bond donors (Lipinski definition) is 2. The zero-order chi connectivity index (χ0) is 15.5. The molecule has 0 radical (unpaired) electrons. The number of aliphatic hydroxyl groups excluding tert-OH is 2. The molecule has 2 rings (SSSR count). The normalized spacial score (nSPS) is 26.3. The molecule has 6 heteroatoms. The van der Waals surface area contributed by atoms with E-state index >= 15 is 0 Å². The molecule has 124 valence electrons. The second-order valence-electron chi connectivity index (χ2n) is 6.99. The number of aliphatic hydroxyl groups is 2. The smallest absolute Gasteiger partial charge is 0.211 e. The molecule has 0 spiro atoms. The van der Waals surface area contributed by atoms with E-state index in [4.69, 9.17) is 0 Å². The highest BCUT2D eigenvalue weighted by Gasteiger charge is 2.42. The van der Waals surface area contributed by atoms with Crippen molar-refractivity contribution in [2.24, 2.45) is 17.3 Å². The summed E-state index contributed by atoms with van der Waals surface area (Å²) in [6, 6.07) is 0. The highest BCUT2D eigenvalue weighted by atomic mass is 32.2. The van der Waals surface area contributed by atoms with Crippen molar-refractivity contribution in [1.29, 1.82) is 0 Å². The zero-order valence-electron chi connectivity index (χ0n) is 13.0. The Hall–Kier alpha value is -0.170. The van der Waals surface area contributed by atoms with Crippen LogP contribution in [-0.2, 0) is 10.0 Å². The van der Waals surface area contributed by atoms with Crippen molar-refractivity contribution in [2.45, 2.75) is 44.9 Å². The van der Waals surface area contributed by atoms with Gasteiger partial charge in [-0.05, 0) is 43.9 Å². The third-order valence-corrected chi connectivity index (χ3v) is 6.77. The van der Waals surface area contributed by atoms with Gasteiger partial charge in [0.05, 0.1) is 19.5 Å². The van der Waals surface area contributed by atoms with Gasteiger partial charge >= 0.3 is 0 Å². The molecule has 1 aliphatic carbocycles. The van der Waals surface area contributed by atoms with E-state index < -0.39 is 15.4 Å². The van der Waals surface area contributed by atoms with Crippen LogP contribution in [0.5, 0.6) is 0 Å². The first-order valence-electron chi connectivity index (χ1n) is 8.08. The van der Waals surface area contributed by atoms with E-state index in [9.17, 15) is 18.6 Å². The average Bonchev–Trinajstić information content (AvgIpc) is 2.99. The molecule has 2 fully saturated rings. The molecule has 0 aromatic carbocycles. The highest BCUT2D eigenvalue weighted by molar-refractivity contribution is 7.88. The summed E-state index contributed by atoms with van der Waals surface area (Å²) in [6.45, 7) is 1.14. The van der Waals surface area contributed by atoms with Crippen LogP contribution in [0.1, 0.15) is 44.9 Å². The van der Waals surface area contributed by atoms with Crippen molar-refractivity contribution in [3.8, 4) is 0 Å². The maximum Gasteiger partial charge on any atom is 0.211 e. The Labute approximate surface area is 128 Å². The van der Waals surface area contributed by atoms with Crippen LogP contribution >= 0.6 is 0 Å². The first kappa shape index (κ1) is 17.2. The summed E-state index contributed by atoms with van der Waals surface area (Å²) in [6.07, 6.45) is 8.34. The van der Waals surface area contributed by atoms with Crippen molar-refractivity contribution < 1.29 is 18.6 Å². The standard InChI is InChI=1S/C15H29NO4S/c1-21(19,20)16-8-4-5-13(10-16)9-15(11-17,12-18)14-6-2-3-7-14/h13-14,17-18H,2-12H2,1H3. The fraction of sp³-hybridized carbons (Fsp3) is 1.00. The summed E-state index contributed by atoms with van der Waals surface area (Å²) in [5, 5.41) is 19.8. The topological polar surface area (TPSA) is 77.8 Å². The van der Waals surface area contributed by atoms with Crippen molar-refractivity contribution in [2.75, 3.05) is 32.6 Å². The molecule has 1 saturated heterocycles. The zero-order valence-corrected chi connectivity index (χ0v) is 13.8. The van der Waals surface area contributed by atoms with Crippen LogP contribution in [0, 0.1) is 17.3 Å². The fourth-order valence-corrected chi connectivity index (χ4v) is 5.15. The first-order valence-corrected chi connectivity index (χ1v) is 9.93. The lowest BCUT2D eigenvalue weighted by atomic mass is 9.69. The van der Waals surface area contributed by atoms with E-state index in [1.807, 2.05) is 0 Å². The minimum Gasteiger partial charge on any atom is -0.396 e. The van der Waals surface area contributed by atoms with Crippen LogP contribution in [0.4, 0.5) is 0 Å². The molecule has 5 nitrogen and oxygen atoms in total. The van der Waals surface area contributed by atoms with Gasteiger partial charge in [-0.15, -0.1) is 0 Å². The minimum atomic E-state index is -3.14. The van der Waals surface area contributed by atoms with Gasteiger partial charge in [0.2, 0.25) is 10.0 Å². The van der Waals surface area contributed by atoms with Crippen LogP contribution in [0.3, 0.4) is 0 Å². The molecule has 1 saturated carbocycles. The second kappa shape index (κ2) is 6.94. The molecule has 2 N–H and O–H groups in total. The number of nitrogens with zero attached hydrogens (tertiary/aromatic N) is 1. The first-order chi connectivity index (χ1) is 9.91. The molecule has 0 amide bonds. The fourth-order valence-electron chi connectivity index (χ4n) is 4.21. The third-order valence-electron chi connectivity index (χ3n) is 5.50. The van der Waals surface area contributed by atoms with Crippen molar-refractivity contribution in [3.63, 3.8) is 0 Å². The van der Waals surface area contributed by atoms with Gasteiger partial charge < -0.3 is 10.2 Å². The molecule has 1 heterocycles. The molecular weight excluding hydrogens is 290 g/mol.